The van der Waals surface area contributed by atoms with Crippen molar-refractivity contribution in [1.29, 1.82) is 0 Å². The van der Waals surface area contributed by atoms with Crippen molar-refractivity contribution in [3.63, 3.8) is 0 Å². The fourth-order valence-corrected chi connectivity index (χ4v) is 4.76. The second-order valence-corrected chi connectivity index (χ2v) is 7.50. The van der Waals surface area contributed by atoms with E-state index < -0.39 is 0 Å². The molecule has 0 N–H and O–H groups in total. The summed E-state index contributed by atoms with van der Waals surface area (Å²) in [5.41, 5.74) is 0. The smallest absolute Gasteiger partial charge is 0.0202 e. The van der Waals surface area contributed by atoms with Gasteiger partial charge in [-0.2, -0.15) is 0 Å². The molecule has 0 radical (unpaired) electrons. The van der Waals surface area contributed by atoms with Gasteiger partial charge in [-0.05, 0) is 61.2 Å². The summed E-state index contributed by atoms with van der Waals surface area (Å²) >= 11 is 0. The largest absolute Gasteiger partial charge is 0.0854 e. The number of allylic oxidation sites excluding steroid dienone is 2. The maximum Gasteiger partial charge on any atom is -0.0202 e. The molecule has 0 aromatic heterocycles. The Labute approximate surface area is 121 Å². The summed E-state index contributed by atoms with van der Waals surface area (Å²) in [6.07, 6.45) is 15.1. The van der Waals surface area contributed by atoms with Crippen molar-refractivity contribution in [2.24, 2.45) is 35.5 Å². The van der Waals surface area contributed by atoms with Crippen molar-refractivity contribution in [3.05, 3.63) is 12.2 Å². The lowest BCUT2D eigenvalue weighted by atomic mass is 9.77. The zero-order chi connectivity index (χ0) is 13.8. The second kappa shape index (κ2) is 6.95. The lowest BCUT2D eigenvalue weighted by Gasteiger charge is -2.28. The summed E-state index contributed by atoms with van der Waals surface area (Å²) < 4.78 is 0. The van der Waals surface area contributed by atoms with Crippen LogP contribution in [0.1, 0.15) is 72.6 Å². The number of hydrogen-bond acceptors (Lipinski definition) is 0. The van der Waals surface area contributed by atoms with Crippen LogP contribution in [0, 0.1) is 35.5 Å². The van der Waals surface area contributed by atoms with Crippen LogP contribution in [0.15, 0.2) is 12.2 Å². The third-order valence-electron chi connectivity index (χ3n) is 6.05. The normalized spacial score (nSPS) is 43.4. The molecule has 0 aliphatic heterocycles. The summed E-state index contributed by atoms with van der Waals surface area (Å²) in [5, 5.41) is 0. The van der Waals surface area contributed by atoms with E-state index in [-0.39, 0.29) is 0 Å². The highest BCUT2D eigenvalue weighted by Crippen LogP contribution is 2.48. The number of fused-ring (bicyclic) bond motifs is 2. The predicted octanol–water partition coefficient (Wildman–Crippen LogP) is 6.08. The molecule has 2 aliphatic rings. The maximum absolute atomic E-state index is 2.61. The van der Waals surface area contributed by atoms with Gasteiger partial charge in [0.2, 0.25) is 0 Å². The van der Waals surface area contributed by atoms with Crippen LogP contribution in [0.4, 0.5) is 0 Å². The third kappa shape index (κ3) is 3.64. The molecule has 2 rings (SSSR count). The van der Waals surface area contributed by atoms with Crippen LogP contribution in [-0.2, 0) is 0 Å². The quantitative estimate of drug-likeness (QED) is 0.541. The second-order valence-electron chi connectivity index (χ2n) is 7.50. The first-order chi connectivity index (χ1) is 9.13. The van der Waals surface area contributed by atoms with E-state index in [1.54, 1.807) is 0 Å². The van der Waals surface area contributed by atoms with E-state index in [2.05, 4.69) is 39.8 Å². The van der Waals surface area contributed by atoms with Gasteiger partial charge < -0.3 is 0 Å². The maximum atomic E-state index is 2.61. The molecule has 0 nitrogen and oxygen atoms in total. The van der Waals surface area contributed by atoms with Gasteiger partial charge in [0, 0.05) is 0 Å². The zero-order valence-electron chi connectivity index (χ0n) is 13.6. The highest BCUT2D eigenvalue weighted by atomic mass is 14.5. The third-order valence-corrected chi connectivity index (χ3v) is 6.05. The van der Waals surface area contributed by atoms with Crippen molar-refractivity contribution >= 4 is 0 Å². The lowest BCUT2D eigenvalue weighted by molar-refractivity contribution is 0.243. The fraction of sp³-hybridized carbons (Fsp3) is 0.895. The van der Waals surface area contributed by atoms with Crippen molar-refractivity contribution < 1.29 is 0 Å². The molecule has 19 heavy (non-hydrogen) atoms. The minimum atomic E-state index is 0.798. The van der Waals surface area contributed by atoms with Gasteiger partial charge >= 0.3 is 0 Å². The molecule has 2 bridgehead atoms. The summed E-state index contributed by atoms with van der Waals surface area (Å²) in [4.78, 5) is 0. The van der Waals surface area contributed by atoms with Crippen LogP contribution in [0.5, 0.6) is 0 Å². The Hall–Kier alpha value is -0.260. The van der Waals surface area contributed by atoms with Crippen LogP contribution in [0.25, 0.3) is 0 Å². The van der Waals surface area contributed by atoms with Crippen LogP contribution in [0.3, 0.4) is 0 Å². The molecule has 0 heteroatoms. The summed E-state index contributed by atoms with van der Waals surface area (Å²) in [7, 11) is 0. The van der Waals surface area contributed by atoms with E-state index in [1.807, 2.05) is 0 Å². The van der Waals surface area contributed by atoms with Crippen molar-refractivity contribution in [2.75, 3.05) is 0 Å². The standard InChI is InChI=1S/C19H34/c1-5-6-9-17-12-11-14(2)8-7-10-18-15(3)13-19(17)16(18)4/h11-12,14-19H,5-10,13H2,1-4H3. The molecular formula is C19H34. The minimum Gasteiger partial charge on any atom is -0.0854 e. The molecular weight excluding hydrogens is 228 g/mol. The Bertz CT molecular complexity index is 290. The topological polar surface area (TPSA) is 0 Å². The van der Waals surface area contributed by atoms with E-state index in [0.29, 0.717) is 0 Å². The highest BCUT2D eigenvalue weighted by molar-refractivity contribution is 5.00. The van der Waals surface area contributed by atoms with E-state index in [1.165, 1.54) is 44.9 Å². The average molecular weight is 262 g/mol. The summed E-state index contributed by atoms with van der Waals surface area (Å²) in [6.45, 7) is 9.81. The Kier molecular flexibility index (Phi) is 5.54. The van der Waals surface area contributed by atoms with Crippen LogP contribution >= 0.6 is 0 Å². The van der Waals surface area contributed by atoms with Gasteiger partial charge in [0.15, 0.2) is 0 Å². The Morgan fingerprint density at radius 2 is 1.79 bits per heavy atom. The van der Waals surface area contributed by atoms with Gasteiger partial charge in [-0.15, -0.1) is 0 Å². The molecule has 6 unspecified atom stereocenters. The number of rotatable bonds is 3. The van der Waals surface area contributed by atoms with Gasteiger partial charge in [-0.25, -0.2) is 0 Å². The fourth-order valence-electron chi connectivity index (χ4n) is 4.76. The SMILES string of the molecule is CCCCC1C=CC(C)CCCC2C(C)CC1C2C. The minimum absolute atomic E-state index is 0.798. The number of unbranched alkanes of at least 4 members (excludes halogenated alkanes) is 1. The highest BCUT2D eigenvalue weighted by Gasteiger charge is 2.40. The molecule has 0 amide bonds. The molecule has 0 heterocycles. The van der Waals surface area contributed by atoms with Gasteiger partial charge in [0.1, 0.15) is 0 Å². The van der Waals surface area contributed by atoms with Gasteiger partial charge in [-0.1, -0.05) is 59.1 Å². The first-order valence-electron chi connectivity index (χ1n) is 8.81. The predicted molar refractivity (Wildman–Crippen MR) is 85.1 cm³/mol. The Morgan fingerprint density at radius 1 is 1.00 bits per heavy atom. The van der Waals surface area contributed by atoms with Crippen LogP contribution in [-0.4, -0.2) is 0 Å². The van der Waals surface area contributed by atoms with Crippen LogP contribution in [0.2, 0.25) is 0 Å². The van der Waals surface area contributed by atoms with E-state index >= 15 is 0 Å². The monoisotopic (exact) mass is 262 g/mol. The molecule has 0 spiro atoms. The van der Waals surface area contributed by atoms with Crippen molar-refractivity contribution in [2.45, 2.75) is 72.6 Å². The molecule has 0 aromatic carbocycles. The van der Waals surface area contributed by atoms with E-state index in [9.17, 15) is 0 Å². The van der Waals surface area contributed by atoms with Crippen molar-refractivity contribution in [3.8, 4) is 0 Å². The Balaban J connectivity index is 2.14. The van der Waals surface area contributed by atoms with Gasteiger partial charge in [0.25, 0.3) is 0 Å². The zero-order valence-corrected chi connectivity index (χ0v) is 13.6. The molecule has 0 aromatic rings. The number of hydrogen-bond donors (Lipinski definition) is 0. The summed E-state index contributed by atoms with van der Waals surface area (Å²) in [5.74, 6) is 5.55. The Morgan fingerprint density at radius 3 is 2.53 bits per heavy atom. The molecule has 110 valence electrons. The van der Waals surface area contributed by atoms with E-state index in [4.69, 9.17) is 0 Å². The van der Waals surface area contributed by atoms with Gasteiger partial charge in [0.05, 0.1) is 0 Å². The molecule has 0 saturated heterocycles. The first-order valence-corrected chi connectivity index (χ1v) is 8.81. The van der Waals surface area contributed by atoms with Crippen molar-refractivity contribution in [1.82, 2.24) is 0 Å². The first kappa shape index (κ1) is 15.1. The van der Waals surface area contributed by atoms with Gasteiger partial charge in [-0.3, -0.25) is 0 Å². The average Bonchev–Trinajstić information content (AvgIpc) is 2.65. The lowest BCUT2D eigenvalue weighted by Crippen LogP contribution is -2.20. The molecule has 6 atom stereocenters. The van der Waals surface area contributed by atoms with E-state index in [0.717, 1.165) is 35.5 Å². The molecule has 1 saturated carbocycles. The molecule has 2 aliphatic carbocycles. The van der Waals surface area contributed by atoms with Crippen LogP contribution < -0.4 is 0 Å². The summed E-state index contributed by atoms with van der Waals surface area (Å²) in [6, 6.07) is 0. The molecule has 1 fully saturated rings.